The van der Waals surface area contributed by atoms with Crippen molar-refractivity contribution in [2.45, 2.75) is 13.8 Å². The Kier molecular flexibility index (Phi) is 3.14. The van der Waals surface area contributed by atoms with E-state index in [1.807, 2.05) is 32.0 Å². The number of phenols is 1. The molecule has 0 saturated heterocycles. The van der Waals surface area contributed by atoms with Gasteiger partial charge in [-0.15, -0.1) is 0 Å². The molecule has 4 heteroatoms. The lowest BCUT2D eigenvalue weighted by molar-refractivity contribution is 0.463. The molecule has 0 amide bonds. The van der Waals surface area contributed by atoms with E-state index in [1.165, 1.54) is 0 Å². The van der Waals surface area contributed by atoms with E-state index in [1.54, 1.807) is 24.4 Å². The number of anilines is 1. The highest BCUT2D eigenvalue weighted by atomic mass is 16.5. The Hall–Kier alpha value is -2.75. The summed E-state index contributed by atoms with van der Waals surface area (Å²) in [7, 11) is 0. The van der Waals surface area contributed by atoms with E-state index >= 15 is 0 Å². The first kappa shape index (κ1) is 13.2. The Labute approximate surface area is 122 Å². The summed E-state index contributed by atoms with van der Waals surface area (Å²) in [5, 5.41) is 11.4. The summed E-state index contributed by atoms with van der Waals surface area (Å²) in [6.45, 7) is 3.92. The van der Waals surface area contributed by atoms with Gasteiger partial charge >= 0.3 is 0 Å². The minimum absolute atomic E-state index is 0.181. The third-order valence-electron chi connectivity index (χ3n) is 3.48. The van der Waals surface area contributed by atoms with Crippen molar-refractivity contribution in [1.29, 1.82) is 0 Å². The molecule has 0 radical (unpaired) electrons. The fourth-order valence-corrected chi connectivity index (χ4v) is 2.27. The number of aromatic hydroxyl groups is 1. The van der Waals surface area contributed by atoms with Crippen LogP contribution in [0.4, 0.5) is 5.69 Å². The molecule has 1 heterocycles. The molecule has 0 spiro atoms. The second-order valence-corrected chi connectivity index (χ2v) is 5.10. The highest BCUT2D eigenvalue weighted by Gasteiger charge is 2.09. The predicted octanol–water partition coefficient (Wildman–Crippen LogP) is 3.93. The number of aryl methyl sites for hydroxylation is 2. The van der Waals surface area contributed by atoms with Gasteiger partial charge in [0.25, 0.3) is 0 Å². The van der Waals surface area contributed by atoms with Gasteiger partial charge in [-0.1, -0.05) is 12.1 Å². The van der Waals surface area contributed by atoms with E-state index in [9.17, 15) is 5.11 Å². The predicted molar refractivity (Wildman–Crippen MR) is 83.8 cm³/mol. The number of hydrogen-bond donors (Lipinski definition) is 2. The lowest BCUT2D eigenvalue weighted by Gasteiger charge is -2.12. The SMILES string of the molecule is Cc1cc(C)c(Oc2nccc3ccc(O)cc23)cc1N. The van der Waals surface area contributed by atoms with E-state index < -0.39 is 0 Å². The molecule has 1 aromatic heterocycles. The smallest absolute Gasteiger partial charge is 0.227 e. The van der Waals surface area contributed by atoms with Crippen LogP contribution in [-0.4, -0.2) is 10.1 Å². The lowest BCUT2D eigenvalue weighted by Crippen LogP contribution is -1.96. The maximum absolute atomic E-state index is 9.65. The Morgan fingerprint density at radius 3 is 2.67 bits per heavy atom. The second-order valence-electron chi connectivity index (χ2n) is 5.10. The van der Waals surface area contributed by atoms with E-state index in [4.69, 9.17) is 10.5 Å². The van der Waals surface area contributed by atoms with Crippen LogP contribution in [0.2, 0.25) is 0 Å². The van der Waals surface area contributed by atoms with Gasteiger partial charge in [0.2, 0.25) is 5.88 Å². The van der Waals surface area contributed by atoms with E-state index in [-0.39, 0.29) is 5.75 Å². The number of ether oxygens (including phenoxy) is 1. The zero-order valence-corrected chi connectivity index (χ0v) is 11.9. The monoisotopic (exact) mass is 280 g/mol. The molecule has 3 N–H and O–H groups in total. The lowest BCUT2D eigenvalue weighted by atomic mass is 10.1. The Morgan fingerprint density at radius 1 is 1.05 bits per heavy atom. The molecule has 0 saturated carbocycles. The molecule has 106 valence electrons. The summed E-state index contributed by atoms with van der Waals surface area (Å²) in [5.74, 6) is 1.30. The van der Waals surface area contributed by atoms with Crippen LogP contribution < -0.4 is 10.5 Å². The molecule has 3 rings (SSSR count). The van der Waals surface area contributed by atoms with Gasteiger partial charge in [0.05, 0.1) is 0 Å². The molecule has 2 aromatic carbocycles. The van der Waals surface area contributed by atoms with Gasteiger partial charge in [0.1, 0.15) is 11.5 Å². The van der Waals surface area contributed by atoms with Gasteiger partial charge in [-0.05, 0) is 48.6 Å². The number of aromatic nitrogens is 1. The summed E-state index contributed by atoms with van der Waals surface area (Å²) in [6, 6.07) is 10.8. The number of nitrogens with two attached hydrogens (primary N) is 1. The molecule has 0 aliphatic heterocycles. The molecule has 0 atom stereocenters. The fourth-order valence-electron chi connectivity index (χ4n) is 2.27. The quantitative estimate of drug-likeness (QED) is 0.698. The summed E-state index contributed by atoms with van der Waals surface area (Å²) < 4.78 is 5.91. The zero-order valence-electron chi connectivity index (χ0n) is 11.9. The third-order valence-corrected chi connectivity index (χ3v) is 3.48. The van der Waals surface area contributed by atoms with E-state index in [0.717, 1.165) is 21.9 Å². The molecular weight excluding hydrogens is 264 g/mol. The highest BCUT2D eigenvalue weighted by molar-refractivity contribution is 5.88. The standard InChI is InChI=1S/C17H16N2O2/c1-10-7-11(2)16(9-15(10)18)21-17-14-8-13(20)4-3-12(14)5-6-19-17/h3-9,20H,18H2,1-2H3. The minimum atomic E-state index is 0.181. The maximum atomic E-state index is 9.65. The van der Waals surface area contributed by atoms with Crippen molar-refractivity contribution in [2.24, 2.45) is 0 Å². The van der Waals surface area contributed by atoms with Crippen molar-refractivity contribution in [3.05, 3.63) is 53.7 Å². The van der Waals surface area contributed by atoms with Crippen LogP contribution in [0.25, 0.3) is 10.8 Å². The Bertz CT molecular complexity index is 828. The number of fused-ring (bicyclic) bond motifs is 1. The Morgan fingerprint density at radius 2 is 1.86 bits per heavy atom. The largest absolute Gasteiger partial charge is 0.508 e. The first-order valence-electron chi connectivity index (χ1n) is 6.67. The number of nitrogen functional groups attached to an aromatic ring is 1. The number of benzene rings is 2. The van der Waals surface area contributed by atoms with Crippen LogP contribution in [0.1, 0.15) is 11.1 Å². The van der Waals surface area contributed by atoms with Crippen LogP contribution in [-0.2, 0) is 0 Å². The van der Waals surface area contributed by atoms with Gasteiger partial charge in [-0.2, -0.15) is 0 Å². The normalized spacial score (nSPS) is 10.8. The topological polar surface area (TPSA) is 68.4 Å². The van der Waals surface area contributed by atoms with E-state index in [0.29, 0.717) is 17.3 Å². The molecule has 0 fully saturated rings. The van der Waals surface area contributed by atoms with Crippen molar-refractivity contribution in [3.8, 4) is 17.4 Å². The van der Waals surface area contributed by atoms with Crippen LogP contribution in [0.3, 0.4) is 0 Å². The molecule has 4 nitrogen and oxygen atoms in total. The van der Waals surface area contributed by atoms with Crippen molar-refractivity contribution in [3.63, 3.8) is 0 Å². The third kappa shape index (κ3) is 2.48. The fraction of sp³-hybridized carbons (Fsp3) is 0.118. The average Bonchev–Trinajstić information content (AvgIpc) is 2.45. The number of phenolic OH excluding ortho intramolecular Hbond substituents is 1. The van der Waals surface area contributed by atoms with Gasteiger partial charge in [0.15, 0.2) is 0 Å². The van der Waals surface area contributed by atoms with Gasteiger partial charge in [-0.3, -0.25) is 0 Å². The van der Waals surface area contributed by atoms with Crippen LogP contribution in [0, 0.1) is 13.8 Å². The average molecular weight is 280 g/mol. The van der Waals surface area contributed by atoms with Crippen LogP contribution in [0.15, 0.2) is 42.6 Å². The van der Waals surface area contributed by atoms with Crippen molar-refractivity contribution in [2.75, 3.05) is 5.73 Å². The summed E-state index contributed by atoms with van der Waals surface area (Å²) in [6.07, 6.45) is 1.68. The minimum Gasteiger partial charge on any atom is -0.508 e. The summed E-state index contributed by atoms with van der Waals surface area (Å²) in [5.41, 5.74) is 8.62. The first-order chi connectivity index (χ1) is 10.0. The second kappa shape index (κ2) is 4.98. The highest BCUT2D eigenvalue weighted by Crippen LogP contribution is 2.33. The molecule has 0 bridgehead atoms. The van der Waals surface area contributed by atoms with Crippen molar-refractivity contribution >= 4 is 16.5 Å². The van der Waals surface area contributed by atoms with Crippen molar-refractivity contribution < 1.29 is 9.84 Å². The molecule has 21 heavy (non-hydrogen) atoms. The summed E-state index contributed by atoms with van der Waals surface area (Å²) >= 11 is 0. The first-order valence-corrected chi connectivity index (χ1v) is 6.67. The molecule has 3 aromatic rings. The van der Waals surface area contributed by atoms with Crippen LogP contribution >= 0.6 is 0 Å². The van der Waals surface area contributed by atoms with Crippen LogP contribution in [0.5, 0.6) is 17.4 Å². The van der Waals surface area contributed by atoms with Gasteiger partial charge < -0.3 is 15.6 Å². The molecule has 0 aliphatic carbocycles. The van der Waals surface area contributed by atoms with Crippen molar-refractivity contribution in [1.82, 2.24) is 4.98 Å². The molecular formula is C17H16N2O2. The van der Waals surface area contributed by atoms with E-state index in [2.05, 4.69) is 4.98 Å². The summed E-state index contributed by atoms with van der Waals surface area (Å²) in [4.78, 5) is 4.26. The number of nitrogens with zero attached hydrogens (tertiary/aromatic N) is 1. The van der Waals surface area contributed by atoms with Gasteiger partial charge in [0, 0.05) is 23.3 Å². The molecule has 0 unspecified atom stereocenters. The number of hydrogen-bond acceptors (Lipinski definition) is 4. The maximum Gasteiger partial charge on any atom is 0.227 e. The number of pyridine rings is 1. The number of rotatable bonds is 2. The Balaban J connectivity index is 2.10. The van der Waals surface area contributed by atoms with Gasteiger partial charge in [-0.25, -0.2) is 4.98 Å². The zero-order chi connectivity index (χ0) is 15.0. The molecule has 0 aliphatic rings.